The number of thiol groups is 1. The molecule has 0 saturated carbocycles. The molecule has 0 heterocycles. The number of hydrogen-bond donors (Lipinski definition) is 2. The fraction of sp³-hybridized carbons (Fsp3) is 1.00. The Morgan fingerprint density at radius 2 is 1.36 bits per heavy atom. The Morgan fingerprint density at radius 3 is 1.79 bits per heavy atom. The van der Waals surface area contributed by atoms with Gasteiger partial charge in [-0.05, 0) is 35.6 Å². The number of nitrogens with two attached hydrogens (primary N) is 1. The first-order valence-corrected chi connectivity index (χ1v) is 7.72. The fourth-order valence-corrected chi connectivity index (χ4v) is 4.72. The Morgan fingerprint density at radius 1 is 0.857 bits per heavy atom. The van der Waals surface area contributed by atoms with Gasteiger partial charge in [0.2, 0.25) is 0 Å². The average molecular weight is 219 g/mol. The van der Waals surface area contributed by atoms with Crippen LogP contribution < -0.4 is 5.73 Å². The van der Waals surface area contributed by atoms with Gasteiger partial charge >= 0.3 is 0 Å². The van der Waals surface area contributed by atoms with Crippen molar-refractivity contribution in [1.82, 2.24) is 0 Å². The van der Waals surface area contributed by atoms with Gasteiger partial charge in [0.15, 0.2) is 0 Å². The van der Waals surface area contributed by atoms with E-state index in [-0.39, 0.29) is 10.9 Å². The van der Waals surface area contributed by atoms with Crippen molar-refractivity contribution in [2.75, 3.05) is 12.3 Å². The first-order valence-electron chi connectivity index (χ1n) is 6.05. The van der Waals surface area contributed by atoms with Crippen LogP contribution >= 0.6 is 10.9 Å². The zero-order valence-electron chi connectivity index (χ0n) is 10.4. The Bertz CT molecular complexity index is 115. The van der Waals surface area contributed by atoms with Gasteiger partial charge < -0.3 is 5.73 Å². The van der Waals surface area contributed by atoms with Crippen LogP contribution in [-0.2, 0) is 0 Å². The molecule has 2 heteroatoms. The van der Waals surface area contributed by atoms with E-state index in [1.807, 2.05) is 0 Å². The highest BCUT2D eigenvalue weighted by molar-refractivity contribution is 8.18. The van der Waals surface area contributed by atoms with Crippen LogP contribution in [0.15, 0.2) is 0 Å². The molecule has 0 aromatic carbocycles. The van der Waals surface area contributed by atoms with Crippen LogP contribution in [0, 0.1) is 0 Å². The molecule has 0 spiro atoms. The molecule has 88 valence electrons. The first kappa shape index (κ1) is 14.3. The summed E-state index contributed by atoms with van der Waals surface area (Å²) in [5, 5.41) is 1.80. The van der Waals surface area contributed by atoms with E-state index in [1.165, 1.54) is 31.4 Å². The van der Waals surface area contributed by atoms with Crippen molar-refractivity contribution in [3.63, 3.8) is 0 Å². The van der Waals surface area contributed by atoms with Crippen molar-refractivity contribution in [2.45, 2.75) is 63.9 Å². The van der Waals surface area contributed by atoms with Crippen molar-refractivity contribution in [3.05, 3.63) is 0 Å². The Hall–Kier alpha value is 0.310. The van der Waals surface area contributed by atoms with Gasteiger partial charge in [-0.15, -0.1) is 0 Å². The van der Waals surface area contributed by atoms with Gasteiger partial charge in [0, 0.05) is 0 Å². The van der Waals surface area contributed by atoms with Crippen LogP contribution in [0.4, 0.5) is 0 Å². The molecule has 0 aromatic rings. The molecule has 0 amide bonds. The summed E-state index contributed by atoms with van der Waals surface area (Å²) in [5.74, 6) is 1.47. The molecule has 0 rings (SSSR count). The van der Waals surface area contributed by atoms with E-state index >= 15 is 0 Å². The molecule has 0 aliphatic carbocycles. The van der Waals surface area contributed by atoms with E-state index in [0.29, 0.717) is 0 Å². The summed E-state index contributed by atoms with van der Waals surface area (Å²) in [6, 6.07) is 0. The predicted octanol–water partition coefficient (Wildman–Crippen LogP) is 3.32. The minimum Gasteiger partial charge on any atom is -0.330 e. The fourth-order valence-electron chi connectivity index (χ4n) is 1.90. The van der Waals surface area contributed by atoms with Crippen molar-refractivity contribution in [1.29, 1.82) is 0 Å². The minimum atomic E-state index is 0.269. The van der Waals surface area contributed by atoms with E-state index in [0.717, 1.165) is 17.0 Å². The van der Waals surface area contributed by atoms with Gasteiger partial charge in [-0.25, -0.2) is 10.9 Å². The van der Waals surface area contributed by atoms with E-state index < -0.39 is 0 Å². The lowest BCUT2D eigenvalue weighted by Gasteiger charge is -2.29. The average Bonchev–Trinajstić information content (AvgIpc) is 2.09. The molecule has 0 unspecified atom stereocenters. The lowest BCUT2D eigenvalue weighted by Crippen LogP contribution is -2.11. The lowest BCUT2D eigenvalue weighted by atomic mass is 10.2. The third-order valence-corrected chi connectivity index (χ3v) is 6.18. The molecule has 0 radical (unpaired) electrons. The molecule has 2 N–H and O–H groups in total. The Labute approximate surface area is 93.2 Å². The van der Waals surface area contributed by atoms with E-state index in [1.54, 1.807) is 0 Å². The maximum atomic E-state index is 5.47. The van der Waals surface area contributed by atoms with Gasteiger partial charge in [0.05, 0.1) is 0 Å². The summed E-state index contributed by atoms with van der Waals surface area (Å²) in [6.07, 6.45) is 5.34. The largest absolute Gasteiger partial charge is 0.330 e. The Kier molecular flexibility index (Phi) is 8.80. The smallest absolute Gasteiger partial charge is 0.00773 e. The molecule has 14 heavy (non-hydrogen) atoms. The van der Waals surface area contributed by atoms with Crippen molar-refractivity contribution < 1.29 is 0 Å². The third-order valence-electron chi connectivity index (χ3n) is 2.70. The zero-order chi connectivity index (χ0) is 11.0. The maximum absolute atomic E-state index is 5.47. The van der Waals surface area contributed by atoms with Crippen molar-refractivity contribution in [3.8, 4) is 0 Å². The van der Waals surface area contributed by atoms with Crippen molar-refractivity contribution >= 4 is 10.9 Å². The topological polar surface area (TPSA) is 26.0 Å². The minimum absolute atomic E-state index is 0.269. The molecule has 0 fully saturated rings. The van der Waals surface area contributed by atoms with E-state index in [9.17, 15) is 0 Å². The number of rotatable bonds is 8. The monoisotopic (exact) mass is 219 g/mol. The van der Waals surface area contributed by atoms with Crippen LogP contribution in [-0.4, -0.2) is 22.8 Å². The van der Waals surface area contributed by atoms with Gasteiger partial charge in [-0.2, -0.15) is 0 Å². The summed E-state index contributed by atoms with van der Waals surface area (Å²) in [7, 11) is 0.269. The van der Waals surface area contributed by atoms with Crippen LogP contribution in [0.1, 0.15) is 53.4 Å². The predicted molar refractivity (Wildman–Crippen MR) is 71.6 cm³/mol. The maximum Gasteiger partial charge on any atom is -0.00773 e. The molecule has 0 saturated heterocycles. The standard InChI is InChI=1S/C12H29NS/c1-11(2)14(12(3)4)10-8-6-5-7-9-13/h11-12,14H,5-10,13H2,1-4H3. The highest BCUT2D eigenvalue weighted by Gasteiger charge is 2.11. The molecule has 1 nitrogen and oxygen atoms in total. The summed E-state index contributed by atoms with van der Waals surface area (Å²) < 4.78 is 0. The second kappa shape index (κ2) is 8.60. The second-order valence-corrected chi connectivity index (χ2v) is 8.17. The molecular formula is C12H29NS. The first-order chi connectivity index (χ1) is 6.59. The lowest BCUT2D eigenvalue weighted by molar-refractivity contribution is 0.676. The summed E-state index contributed by atoms with van der Waals surface area (Å²) in [4.78, 5) is 0. The molecule has 0 aliphatic heterocycles. The van der Waals surface area contributed by atoms with Crippen LogP contribution in [0.2, 0.25) is 0 Å². The Balaban J connectivity index is 3.52. The van der Waals surface area contributed by atoms with Crippen LogP contribution in [0.25, 0.3) is 0 Å². The third kappa shape index (κ3) is 6.72. The van der Waals surface area contributed by atoms with Gasteiger partial charge in [0.1, 0.15) is 0 Å². The summed E-state index contributed by atoms with van der Waals surface area (Å²) >= 11 is 0. The molecule has 0 atom stereocenters. The molecule has 0 aliphatic rings. The molecular weight excluding hydrogens is 190 g/mol. The normalized spacial score (nSPS) is 12.6. The van der Waals surface area contributed by atoms with E-state index in [4.69, 9.17) is 5.73 Å². The quantitative estimate of drug-likeness (QED) is 0.475. The highest BCUT2D eigenvalue weighted by atomic mass is 32.2. The zero-order valence-corrected chi connectivity index (χ0v) is 11.3. The van der Waals surface area contributed by atoms with Gasteiger partial charge in [-0.3, -0.25) is 0 Å². The van der Waals surface area contributed by atoms with Crippen LogP contribution in [0.5, 0.6) is 0 Å². The number of unbranched alkanes of at least 4 members (excludes halogenated alkanes) is 3. The van der Waals surface area contributed by atoms with Crippen LogP contribution in [0.3, 0.4) is 0 Å². The van der Waals surface area contributed by atoms with Gasteiger partial charge in [0.25, 0.3) is 0 Å². The summed E-state index contributed by atoms with van der Waals surface area (Å²) in [5.41, 5.74) is 5.47. The SMILES string of the molecule is CC(C)[SH](CCCCCCN)C(C)C. The van der Waals surface area contributed by atoms with E-state index in [2.05, 4.69) is 27.7 Å². The molecule has 0 aromatic heterocycles. The highest BCUT2D eigenvalue weighted by Crippen LogP contribution is 2.37. The number of hydrogen-bond acceptors (Lipinski definition) is 1. The second-order valence-electron chi connectivity index (χ2n) is 4.63. The summed E-state index contributed by atoms with van der Waals surface area (Å²) in [6.45, 7) is 10.4. The molecule has 0 bridgehead atoms. The van der Waals surface area contributed by atoms with Crippen molar-refractivity contribution in [2.24, 2.45) is 5.73 Å². The van der Waals surface area contributed by atoms with Gasteiger partial charge in [-0.1, -0.05) is 40.5 Å².